The van der Waals surface area contributed by atoms with Gasteiger partial charge in [0.05, 0.1) is 0 Å². The maximum absolute atomic E-state index is 12.4. The van der Waals surface area contributed by atoms with Crippen LogP contribution in [-0.2, 0) is 6.54 Å². The average Bonchev–Trinajstić information content (AvgIpc) is 3.29. The van der Waals surface area contributed by atoms with Crippen molar-refractivity contribution >= 4 is 17.2 Å². The highest BCUT2D eigenvalue weighted by molar-refractivity contribution is 7.13. The molecule has 0 aliphatic rings. The van der Waals surface area contributed by atoms with Crippen molar-refractivity contribution in [2.45, 2.75) is 6.54 Å². The minimum Gasteiger partial charge on any atom is -0.457 e. The summed E-state index contributed by atoms with van der Waals surface area (Å²) >= 11 is 1.67. The number of nitrogens with zero attached hydrogens (tertiary/aromatic N) is 1. The Morgan fingerprint density at radius 1 is 0.929 bits per heavy atom. The second-order valence-electron chi connectivity index (χ2n) is 6.18. The number of para-hydroxylation sites is 1. The number of thiophene rings is 1. The van der Waals surface area contributed by atoms with Crippen molar-refractivity contribution in [2.75, 3.05) is 0 Å². The number of carbonyl (C=O) groups excluding carboxylic acids is 1. The van der Waals surface area contributed by atoms with E-state index in [1.807, 2.05) is 48.0 Å². The van der Waals surface area contributed by atoms with Crippen molar-refractivity contribution in [1.82, 2.24) is 10.3 Å². The SMILES string of the molecule is O=C(NCc1cncc(-c2cccs2)c1)c1ccc(Oc2ccccc2)cc1. The smallest absolute Gasteiger partial charge is 0.251 e. The lowest BCUT2D eigenvalue weighted by molar-refractivity contribution is 0.0951. The van der Waals surface area contributed by atoms with Crippen molar-refractivity contribution in [1.29, 1.82) is 0 Å². The standard InChI is InChI=1S/C23H18N2O2S/c26-23(18-8-10-21(11-9-18)27-20-5-2-1-3-6-20)25-15-17-13-19(16-24-14-17)22-7-4-12-28-22/h1-14,16H,15H2,(H,25,26). The number of aromatic nitrogens is 1. The fraction of sp³-hybridized carbons (Fsp3) is 0.0435. The number of nitrogens with one attached hydrogen (secondary N) is 1. The van der Waals surface area contributed by atoms with Gasteiger partial charge < -0.3 is 10.1 Å². The molecule has 0 radical (unpaired) electrons. The van der Waals surface area contributed by atoms with E-state index in [1.54, 1.807) is 41.8 Å². The van der Waals surface area contributed by atoms with Gasteiger partial charge in [0.2, 0.25) is 0 Å². The fourth-order valence-corrected chi connectivity index (χ4v) is 3.45. The molecule has 0 atom stereocenters. The van der Waals surface area contributed by atoms with Crippen LogP contribution >= 0.6 is 11.3 Å². The molecule has 0 bridgehead atoms. The molecule has 0 saturated carbocycles. The molecule has 5 heteroatoms. The first-order chi connectivity index (χ1) is 13.8. The lowest BCUT2D eigenvalue weighted by atomic mass is 10.1. The largest absolute Gasteiger partial charge is 0.457 e. The summed E-state index contributed by atoms with van der Waals surface area (Å²) in [5.74, 6) is 1.32. The molecule has 2 aromatic carbocycles. The molecular weight excluding hydrogens is 368 g/mol. The van der Waals surface area contributed by atoms with E-state index in [0.717, 1.165) is 21.8 Å². The summed E-state index contributed by atoms with van der Waals surface area (Å²) in [5, 5.41) is 4.98. The van der Waals surface area contributed by atoms with Crippen LogP contribution in [0.1, 0.15) is 15.9 Å². The normalized spacial score (nSPS) is 10.4. The first-order valence-electron chi connectivity index (χ1n) is 8.87. The molecule has 4 nitrogen and oxygen atoms in total. The zero-order chi connectivity index (χ0) is 19.2. The van der Waals surface area contributed by atoms with Crippen LogP contribution in [0.2, 0.25) is 0 Å². The molecule has 2 heterocycles. The Morgan fingerprint density at radius 3 is 2.46 bits per heavy atom. The molecule has 0 unspecified atom stereocenters. The van der Waals surface area contributed by atoms with Gasteiger partial charge in [0.1, 0.15) is 11.5 Å². The number of carbonyl (C=O) groups is 1. The molecule has 4 aromatic rings. The van der Waals surface area contributed by atoms with Gasteiger partial charge in [-0.3, -0.25) is 9.78 Å². The summed E-state index contributed by atoms with van der Waals surface area (Å²) in [6.45, 7) is 0.424. The lowest BCUT2D eigenvalue weighted by Gasteiger charge is -2.08. The summed E-state index contributed by atoms with van der Waals surface area (Å²) in [4.78, 5) is 17.9. The lowest BCUT2D eigenvalue weighted by Crippen LogP contribution is -2.22. The van der Waals surface area contributed by atoms with Gasteiger partial charge in [-0.05, 0) is 59.5 Å². The van der Waals surface area contributed by atoms with Crippen molar-refractivity contribution in [2.24, 2.45) is 0 Å². The zero-order valence-corrected chi connectivity index (χ0v) is 15.9. The third-order valence-electron chi connectivity index (χ3n) is 4.15. The van der Waals surface area contributed by atoms with Crippen LogP contribution in [0.4, 0.5) is 0 Å². The molecule has 0 aliphatic heterocycles. The first kappa shape index (κ1) is 17.9. The van der Waals surface area contributed by atoms with Crippen LogP contribution in [0.3, 0.4) is 0 Å². The van der Waals surface area contributed by atoms with Crippen molar-refractivity contribution < 1.29 is 9.53 Å². The second kappa shape index (κ2) is 8.50. The number of benzene rings is 2. The molecule has 2 aromatic heterocycles. The molecular formula is C23H18N2O2S. The Kier molecular flexibility index (Phi) is 5.45. The van der Waals surface area contributed by atoms with Gasteiger partial charge in [0.15, 0.2) is 0 Å². The van der Waals surface area contributed by atoms with E-state index in [2.05, 4.69) is 22.4 Å². The Balaban J connectivity index is 1.37. The van der Waals surface area contributed by atoms with E-state index in [4.69, 9.17) is 4.74 Å². The van der Waals surface area contributed by atoms with E-state index in [0.29, 0.717) is 17.9 Å². The molecule has 1 N–H and O–H groups in total. The Morgan fingerprint density at radius 2 is 1.71 bits per heavy atom. The Bertz CT molecular complexity index is 1050. The number of amides is 1. The maximum Gasteiger partial charge on any atom is 0.251 e. The van der Waals surface area contributed by atoms with Gasteiger partial charge >= 0.3 is 0 Å². The van der Waals surface area contributed by atoms with Gasteiger partial charge in [-0.25, -0.2) is 0 Å². The second-order valence-corrected chi connectivity index (χ2v) is 7.13. The predicted octanol–water partition coefficient (Wildman–Crippen LogP) is 5.53. The number of hydrogen-bond donors (Lipinski definition) is 1. The van der Waals surface area contributed by atoms with Crippen molar-refractivity contribution in [3.63, 3.8) is 0 Å². The molecule has 0 saturated heterocycles. The van der Waals surface area contributed by atoms with Crippen LogP contribution in [0, 0.1) is 0 Å². The summed E-state index contributed by atoms with van der Waals surface area (Å²) in [6.07, 6.45) is 3.61. The molecule has 0 spiro atoms. The monoisotopic (exact) mass is 386 g/mol. The quantitative estimate of drug-likeness (QED) is 0.474. The summed E-state index contributed by atoms with van der Waals surface area (Å²) in [5.41, 5.74) is 2.61. The van der Waals surface area contributed by atoms with Gasteiger partial charge in [0.25, 0.3) is 5.91 Å². The minimum atomic E-state index is -0.132. The predicted molar refractivity (Wildman–Crippen MR) is 112 cm³/mol. The average molecular weight is 386 g/mol. The topological polar surface area (TPSA) is 51.2 Å². The highest BCUT2D eigenvalue weighted by Gasteiger charge is 2.07. The molecule has 28 heavy (non-hydrogen) atoms. The van der Waals surface area contributed by atoms with E-state index >= 15 is 0 Å². The number of ether oxygens (including phenoxy) is 1. The van der Waals surface area contributed by atoms with Crippen LogP contribution in [0.15, 0.2) is 90.6 Å². The third-order valence-corrected chi connectivity index (χ3v) is 5.07. The van der Waals surface area contributed by atoms with Gasteiger partial charge in [-0.1, -0.05) is 24.3 Å². The molecule has 0 fully saturated rings. The van der Waals surface area contributed by atoms with Crippen LogP contribution in [0.5, 0.6) is 11.5 Å². The Labute approximate surface area is 167 Å². The van der Waals surface area contributed by atoms with Crippen LogP contribution in [-0.4, -0.2) is 10.9 Å². The zero-order valence-electron chi connectivity index (χ0n) is 15.0. The van der Waals surface area contributed by atoms with E-state index in [-0.39, 0.29) is 5.91 Å². The molecule has 0 aliphatic carbocycles. The number of pyridine rings is 1. The van der Waals surface area contributed by atoms with E-state index < -0.39 is 0 Å². The summed E-state index contributed by atoms with van der Waals surface area (Å²) in [6, 6.07) is 22.8. The fourth-order valence-electron chi connectivity index (χ4n) is 2.75. The van der Waals surface area contributed by atoms with Crippen molar-refractivity contribution in [3.8, 4) is 21.9 Å². The Hall–Kier alpha value is -3.44. The molecule has 4 rings (SSSR count). The number of rotatable bonds is 6. The maximum atomic E-state index is 12.4. The minimum absolute atomic E-state index is 0.132. The molecule has 138 valence electrons. The van der Waals surface area contributed by atoms with Crippen molar-refractivity contribution in [3.05, 3.63) is 102 Å². The third kappa shape index (κ3) is 4.45. The highest BCUT2D eigenvalue weighted by atomic mass is 32.1. The van der Waals surface area contributed by atoms with E-state index in [9.17, 15) is 4.79 Å². The van der Waals surface area contributed by atoms with Crippen LogP contribution in [0.25, 0.3) is 10.4 Å². The van der Waals surface area contributed by atoms with Gasteiger partial charge in [-0.2, -0.15) is 0 Å². The highest BCUT2D eigenvalue weighted by Crippen LogP contribution is 2.24. The first-order valence-corrected chi connectivity index (χ1v) is 9.75. The summed E-state index contributed by atoms with van der Waals surface area (Å²) in [7, 11) is 0. The summed E-state index contributed by atoms with van der Waals surface area (Å²) < 4.78 is 5.75. The number of hydrogen-bond acceptors (Lipinski definition) is 4. The molecule has 1 amide bonds. The van der Waals surface area contributed by atoms with Gasteiger partial charge in [0, 0.05) is 34.9 Å². The van der Waals surface area contributed by atoms with Crippen LogP contribution < -0.4 is 10.1 Å². The van der Waals surface area contributed by atoms with Gasteiger partial charge in [-0.15, -0.1) is 11.3 Å². The van der Waals surface area contributed by atoms with E-state index in [1.165, 1.54) is 0 Å².